The molecule has 0 spiro atoms. The van der Waals surface area contributed by atoms with E-state index >= 15 is 0 Å². The van der Waals surface area contributed by atoms with Gasteiger partial charge >= 0.3 is 0 Å². The van der Waals surface area contributed by atoms with Crippen LogP contribution in [0.2, 0.25) is 0 Å². The van der Waals surface area contributed by atoms with E-state index in [9.17, 15) is 4.79 Å². The average molecular weight is 369 g/mol. The van der Waals surface area contributed by atoms with Crippen LogP contribution in [0.3, 0.4) is 0 Å². The van der Waals surface area contributed by atoms with Crippen molar-refractivity contribution >= 4 is 29.8 Å². The Labute approximate surface area is 158 Å². The number of benzene rings is 1. The Morgan fingerprint density at radius 3 is 2.62 bits per heavy atom. The number of aryl methyl sites for hydroxylation is 2. The van der Waals surface area contributed by atoms with E-state index < -0.39 is 0 Å². The van der Waals surface area contributed by atoms with Gasteiger partial charge in [0.05, 0.1) is 17.8 Å². The van der Waals surface area contributed by atoms with Crippen LogP contribution in [0, 0.1) is 13.8 Å². The van der Waals surface area contributed by atoms with Gasteiger partial charge in [-0.25, -0.2) is 0 Å². The molecule has 1 aliphatic rings. The van der Waals surface area contributed by atoms with Crippen molar-refractivity contribution in [3.8, 4) is 5.75 Å². The van der Waals surface area contributed by atoms with Crippen molar-refractivity contribution in [3.63, 3.8) is 0 Å². The van der Waals surface area contributed by atoms with Crippen LogP contribution in [0.5, 0.6) is 5.75 Å². The van der Waals surface area contributed by atoms with E-state index in [4.69, 9.17) is 4.74 Å². The number of rotatable bonds is 4. The normalized spacial score (nSPS) is 16.0. The molecular formula is C20H23N3O2S. The van der Waals surface area contributed by atoms with Crippen molar-refractivity contribution in [1.29, 1.82) is 0 Å². The number of carbonyl (C=O) groups excluding carboxylic acids is 1. The second-order valence-corrected chi connectivity index (χ2v) is 7.25. The zero-order valence-corrected chi connectivity index (χ0v) is 16.3. The van der Waals surface area contributed by atoms with Gasteiger partial charge in [-0.3, -0.25) is 9.48 Å². The van der Waals surface area contributed by atoms with Gasteiger partial charge in [0.1, 0.15) is 5.75 Å². The molecule has 3 rings (SSSR count). The summed E-state index contributed by atoms with van der Waals surface area (Å²) in [5.41, 5.74) is 4.14. The third kappa shape index (κ3) is 3.85. The highest BCUT2D eigenvalue weighted by atomic mass is 32.2. The fraction of sp³-hybridized carbons (Fsp3) is 0.300. The summed E-state index contributed by atoms with van der Waals surface area (Å²) < 4.78 is 7.02. The highest BCUT2D eigenvalue weighted by Crippen LogP contribution is 2.31. The van der Waals surface area contributed by atoms with Gasteiger partial charge in [-0.2, -0.15) is 5.10 Å². The Kier molecular flexibility index (Phi) is 5.52. The number of hydrogen-bond acceptors (Lipinski definition) is 4. The Morgan fingerprint density at radius 2 is 2.00 bits per heavy atom. The molecule has 26 heavy (non-hydrogen) atoms. The van der Waals surface area contributed by atoms with Crippen molar-refractivity contribution in [1.82, 2.24) is 14.7 Å². The van der Waals surface area contributed by atoms with Crippen molar-refractivity contribution < 1.29 is 9.53 Å². The molecule has 0 atom stereocenters. The van der Waals surface area contributed by atoms with E-state index in [2.05, 4.69) is 11.2 Å². The van der Waals surface area contributed by atoms with E-state index in [0.717, 1.165) is 45.6 Å². The van der Waals surface area contributed by atoms with Gasteiger partial charge in [-0.15, -0.1) is 11.8 Å². The number of thioether (sulfide) groups is 1. The molecule has 1 aromatic heterocycles. The fourth-order valence-electron chi connectivity index (χ4n) is 2.86. The Bertz CT molecular complexity index is 866. The number of nitrogens with zero attached hydrogens (tertiary/aromatic N) is 3. The minimum absolute atomic E-state index is 0.00346. The van der Waals surface area contributed by atoms with Crippen molar-refractivity contribution in [2.75, 3.05) is 19.4 Å². The van der Waals surface area contributed by atoms with Crippen molar-refractivity contribution in [2.24, 2.45) is 7.05 Å². The maximum atomic E-state index is 12.7. The monoisotopic (exact) mass is 369 g/mol. The molecule has 1 fully saturated rings. The highest BCUT2D eigenvalue weighted by molar-refractivity contribution is 8.03. The van der Waals surface area contributed by atoms with Gasteiger partial charge < -0.3 is 9.64 Å². The molecular weight excluding hydrogens is 346 g/mol. The largest absolute Gasteiger partial charge is 0.497 e. The molecule has 2 heterocycles. The first-order valence-corrected chi connectivity index (χ1v) is 9.46. The summed E-state index contributed by atoms with van der Waals surface area (Å²) in [6, 6.07) is 7.63. The van der Waals surface area contributed by atoms with E-state index in [1.807, 2.05) is 60.8 Å². The maximum Gasteiger partial charge on any atom is 0.251 e. The third-order valence-electron chi connectivity index (χ3n) is 4.46. The molecule has 5 nitrogen and oxygen atoms in total. The van der Waals surface area contributed by atoms with Gasteiger partial charge in [0, 0.05) is 36.7 Å². The van der Waals surface area contributed by atoms with Crippen LogP contribution in [-0.4, -0.2) is 40.0 Å². The SMILES string of the molecule is COc1ccc(/C=C/C(=O)N2CCS/C2=C/c2c(C)nn(C)c2C)cc1. The minimum atomic E-state index is -0.00346. The maximum absolute atomic E-state index is 12.7. The molecule has 0 aliphatic carbocycles. The molecule has 1 saturated heterocycles. The van der Waals surface area contributed by atoms with E-state index in [1.165, 1.54) is 0 Å². The predicted molar refractivity (Wildman–Crippen MR) is 107 cm³/mol. The first-order valence-electron chi connectivity index (χ1n) is 8.48. The van der Waals surface area contributed by atoms with Gasteiger partial charge in [0.15, 0.2) is 0 Å². The zero-order chi connectivity index (χ0) is 18.7. The molecule has 0 saturated carbocycles. The Hall–Kier alpha value is -2.47. The highest BCUT2D eigenvalue weighted by Gasteiger charge is 2.23. The lowest BCUT2D eigenvalue weighted by molar-refractivity contribution is -0.123. The van der Waals surface area contributed by atoms with Crippen LogP contribution in [0.1, 0.15) is 22.5 Å². The quantitative estimate of drug-likeness (QED) is 0.772. The second kappa shape index (κ2) is 7.83. The van der Waals surface area contributed by atoms with Crippen LogP contribution < -0.4 is 4.74 Å². The summed E-state index contributed by atoms with van der Waals surface area (Å²) in [7, 11) is 3.58. The summed E-state index contributed by atoms with van der Waals surface area (Å²) in [5.74, 6) is 1.71. The number of methoxy groups -OCH3 is 1. The second-order valence-electron chi connectivity index (χ2n) is 6.14. The standard InChI is InChI=1S/C20H23N3O2S/c1-14-18(15(2)22(3)21-14)13-20-23(11-12-26-20)19(24)10-7-16-5-8-17(25-4)9-6-16/h5-10,13H,11-12H2,1-4H3/b10-7+,20-13+. The lowest BCUT2D eigenvalue weighted by Gasteiger charge is -2.15. The first-order chi connectivity index (χ1) is 12.5. The predicted octanol–water partition coefficient (Wildman–Crippen LogP) is 3.63. The molecule has 0 N–H and O–H groups in total. The lowest BCUT2D eigenvalue weighted by atomic mass is 10.2. The number of hydrogen-bond donors (Lipinski definition) is 0. The van der Waals surface area contributed by atoms with Crippen molar-refractivity contribution in [3.05, 3.63) is 57.9 Å². The van der Waals surface area contributed by atoms with Gasteiger partial charge in [-0.1, -0.05) is 12.1 Å². The van der Waals surface area contributed by atoms with Crippen LogP contribution in [0.15, 0.2) is 35.4 Å². The van der Waals surface area contributed by atoms with E-state index in [0.29, 0.717) is 0 Å². The molecule has 6 heteroatoms. The molecule has 2 aromatic rings. The molecule has 1 aromatic carbocycles. The van der Waals surface area contributed by atoms with Crippen LogP contribution in [0.4, 0.5) is 0 Å². The summed E-state index contributed by atoms with van der Waals surface area (Å²) in [4.78, 5) is 14.5. The molecule has 136 valence electrons. The average Bonchev–Trinajstić information content (AvgIpc) is 3.20. The summed E-state index contributed by atoms with van der Waals surface area (Å²) in [6.45, 7) is 4.76. The molecule has 1 aliphatic heterocycles. The number of ether oxygens (including phenoxy) is 1. The first kappa shape index (κ1) is 18.3. The summed E-state index contributed by atoms with van der Waals surface area (Å²) in [6.07, 6.45) is 5.54. The summed E-state index contributed by atoms with van der Waals surface area (Å²) in [5, 5.41) is 5.43. The minimum Gasteiger partial charge on any atom is -0.497 e. The lowest BCUT2D eigenvalue weighted by Crippen LogP contribution is -2.24. The number of amides is 1. The Morgan fingerprint density at radius 1 is 1.27 bits per heavy atom. The van der Waals surface area contributed by atoms with Crippen LogP contribution >= 0.6 is 11.8 Å². The molecule has 0 bridgehead atoms. The molecule has 0 radical (unpaired) electrons. The Balaban J connectivity index is 1.77. The smallest absolute Gasteiger partial charge is 0.251 e. The molecule has 1 amide bonds. The van der Waals surface area contributed by atoms with Crippen molar-refractivity contribution in [2.45, 2.75) is 13.8 Å². The fourth-order valence-corrected chi connectivity index (χ4v) is 3.88. The summed E-state index contributed by atoms with van der Waals surface area (Å²) >= 11 is 1.71. The van der Waals surface area contributed by atoms with Crippen LogP contribution in [0.25, 0.3) is 12.2 Å². The van der Waals surface area contributed by atoms with E-state index in [1.54, 1.807) is 24.9 Å². The van der Waals surface area contributed by atoms with Gasteiger partial charge in [-0.05, 0) is 43.7 Å². The zero-order valence-electron chi connectivity index (χ0n) is 15.5. The van der Waals surface area contributed by atoms with Gasteiger partial charge in [0.2, 0.25) is 0 Å². The number of carbonyl (C=O) groups is 1. The number of aromatic nitrogens is 2. The topological polar surface area (TPSA) is 47.4 Å². The van der Waals surface area contributed by atoms with Gasteiger partial charge in [0.25, 0.3) is 5.91 Å². The molecule has 0 unspecified atom stereocenters. The van der Waals surface area contributed by atoms with Crippen LogP contribution in [-0.2, 0) is 11.8 Å². The third-order valence-corrected chi connectivity index (χ3v) is 5.48. The van der Waals surface area contributed by atoms with E-state index in [-0.39, 0.29) is 5.91 Å².